The molecule has 7 heteroatoms. The average Bonchev–Trinajstić information content (AvgIpc) is 3.15. The Morgan fingerprint density at radius 1 is 0.921 bits per heavy atom. The maximum Gasteiger partial charge on any atom is 0.233 e. The van der Waals surface area contributed by atoms with E-state index >= 15 is 0 Å². The Morgan fingerprint density at radius 2 is 1.68 bits per heavy atom. The first kappa shape index (κ1) is 24.1. The maximum atomic E-state index is 13.8. The molecule has 7 nitrogen and oxygen atoms in total. The number of carbonyl (C=O) groups excluding carboxylic acids is 4. The van der Waals surface area contributed by atoms with Crippen molar-refractivity contribution in [2.45, 2.75) is 32.1 Å². The quantitative estimate of drug-likeness (QED) is 0.369. The fourth-order valence-corrected chi connectivity index (χ4v) is 6.63. The zero-order valence-corrected chi connectivity index (χ0v) is 20.9. The molecule has 0 bridgehead atoms. The number of nitrogens with zero attached hydrogens (tertiary/aromatic N) is 1. The number of amides is 2. The van der Waals surface area contributed by atoms with Gasteiger partial charge in [0.1, 0.15) is 11.5 Å². The molecule has 1 heterocycles. The monoisotopic (exact) mass is 509 g/mol. The molecule has 2 amide bonds. The van der Waals surface area contributed by atoms with Crippen LogP contribution in [-0.4, -0.2) is 45.0 Å². The van der Waals surface area contributed by atoms with Crippen LogP contribution in [-0.2, 0) is 25.6 Å². The van der Waals surface area contributed by atoms with Gasteiger partial charge in [-0.25, -0.2) is 0 Å². The lowest BCUT2D eigenvalue weighted by Gasteiger charge is -2.42. The number of fused-ring (bicyclic) bond motifs is 3. The third kappa shape index (κ3) is 3.72. The largest absolute Gasteiger partial charge is 0.508 e. The number of phenols is 2. The SMILES string of the molecule is CC1=CC(=O)C2=C(C1=O)C(c1cccc(O)c1)C1=CCC3C(=O)N(CCc4ccc(O)cc4)C(=O)C3C1C2. The summed E-state index contributed by atoms with van der Waals surface area (Å²) in [5.74, 6) is -2.73. The van der Waals surface area contributed by atoms with E-state index in [-0.39, 0.29) is 47.8 Å². The zero-order valence-electron chi connectivity index (χ0n) is 20.9. The van der Waals surface area contributed by atoms with Crippen LogP contribution in [0.5, 0.6) is 11.5 Å². The van der Waals surface area contributed by atoms with Gasteiger partial charge in [-0.3, -0.25) is 24.1 Å². The van der Waals surface area contributed by atoms with Crippen molar-refractivity contribution in [1.29, 1.82) is 0 Å². The van der Waals surface area contributed by atoms with Gasteiger partial charge in [-0.05, 0) is 73.6 Å². The Balaban J connectivity index is 1.37. The van der Waals surface area contributed by atoms with E-state index in [1.54, 1.807) is 49.4 Å². The van der Waals surface area contributed by atoms with E-state index < -0.39 is 23.7 Å². The molecule has 2 aromatic rings. The van der Waals surface area contributed by atoms with Crippen LogP contribution in [0.1, 0.15) is 36.8 Å². The normalized spacial score (nSPS) is 26.6. The first-order chi connectivity index (χ1) is 18.2. The summed E-state index contributed by atoms with van der Waals surface area (Å²) in [6.07, 6.45) is 4.43. The molecule has 4 aliphatic rings. The van der Waals surface area contributed by atoms with Crippen LogP contribution in [0.25, 0.3) is 0 Å². The second-order valence-electron chi connectivity index (χ2n) is 10.6. The molecule has 0 aromatic heterocycles. The number of hydrogen-bond acceptors (Lipinski definition) is 6. The molecular formula is C31H27NO6. The summed E-state index contributed by atoms with van der Waals surface area (Å²) in [7, 11) is 0. The summed E-state index contributed by atoms with van der Waals surface area (Å²) in [5.41, 5.74) is 3.65. The Labute approximate surface area is 219 Å². The van der Waals surface area contributed by atoms with Crippen LogP contribution in [0.2, 0.25) is 0 Å². The minimum absolute atomic E-state index is 0.0513. The maximum absolute atomic E-state index is 13.8. The summed E-state index contributed by atoms with van der Waals surface area (Å²) < 4.78 is 0. The number of allylic oxidation sites excluding steroid dienone is 6. The molecule has 2 aromatic carbocycles. The molecular weight excluding hydrogens is 482 g/mol. The first-order valence-corrected chi connectivity index (χ1v) is 12.9. The minimum Gasteiger partial charge on any atom is -0.508 e. The number of imide groups is 1. The molecule has 3 aliphatic carbocycles. The molecule has 4 unspecified atom stereocenters. The van der Waals surface area contributed by atoms with Gasteiger partial charge in [0.25, 0.3) is 0 Å². The molecule has 0 saturated carbocycles. The molecule has 38 heavy (non-hydrogen) atoms. The molecule has 1 fully saturated rings. The van der Waals surface area contributed by atoms with Crippen molar-refractivity contribution in [3.05, 3.63) is 94.1 Å². The number of likely N-dealkylation sites (tertiary alicyclic amines) is 1. The van der Waals surface area contributed by atoms with Crippen LogP contribution in [0.4, 0.5) is 0 Å². The lowest BCUT2D eigenvalue weighted by atomic mass is 9.59. The summed E-state index contributed by atoms with van der Waals surface area (Å²) in [4.78, 5) is 55.0. The predicted octanol–water partition coefficient (Wildman–Crippen LogP) is 3.77. The smallest absolute Gasteiger partial charge is 0.233 e. The number of Topliss-reactive ketones (excluding diaryl/α,β-unsaturated/α-hetero) is 1. The summed E-state index contributed by atoms with van der Waals surface area (Å²) in [5, 5.41) is 19.7. The lowest BCUT2D eigenvalue weighted by Crippen LogP contribution is -2.40. The van der Waals surface area contributed by atoms with Crippen molar-refractivity contribution in [2.75, 3.05) is 6.54 Å². The van der Waals surface area contributed by atoms with E-state index in [9.17, 15) is 29.4 Å². The third-order valence-corrected chi connectivity index (χ3v) is 8.42. The van der Waals surface area contributed by atoms with Crippen LogP contribution in [0, 0.1) is 17.8 Å². The molecule has 2 N–H and O–H groups in total. The Kier molecular flexibility index (Phi) is 5.67. The van der Waals surface area contributed by atoms with Crippen molar-refractivity contribution < 1.29 is 29.4 Å². The van der Waals surface area contributed by atoms with Gasteiger partial charge in [0, 0.05) is 29.2 Å². The van der Waals surface area contributed by atoms with Crippen molar-refractivity contribution in [3.63, 3.8) is 0 Å². The fourth-order valence-electron chi connectivity index (χ4n) is 6.63. The van der Waals surface area contributed by atoms with Gasteiger partial charge in [-0.2, -0.15) is 0 Å². The van der Waals surface area contributed by atoms with E-state index in [0.29, 0.717) is 35.1 Å². The second kappa shape index (κ2) is 8.94. The van der Waals surface area contributed by atoms with Gasteiger partial charge in [-0.15, -0.1) is 0 Å². The van der Waals surface area contributed by atoms with E-state index in [0.717, 1.165) is 11.1 Å². The van der Waals surface area contributed by atoms with E-state index in [2.05, 4.69) is 0 Å². The molecule has 6 rings (SSSR count). The Hall–Kier alpha value is -4.26. The lowest BCUT2D eigenvalue weighted by molar-refractivity contribution is -0.140. The van der Waals surface area contributed by atoms with Crippen LogP contribution in [0.3, 0.4) is 0 Å². The highest BCUT2D eigenvalue weighted by atomic mass is 16.3. The first-order valence-electron chi connectivity index (χ1n) is 12.9. The van der Waals surface area contributed by atoms with Crippen LogP contribution in [0.15, 0.2) is 83.0 Å². The van der Waals surface area contributed by atoms with E-state index in [1.165, 1.54) is 11.0 Å². The van der Waals surface area contributed by atoms with Crippen molar-refractivity contribution >= 4 is 23.4 Å². The highest BCUT2D eigenvalue weighted by Crippen LogP contribution is 2.55. The third-order valence-electron chi connectivity index (χ3n) is 8.42. The van der Waals surface area contributed by atoms with E-state index in [4.69, 9.17) is 0 Å². The van der Waals surface area contributed by atoms with E-state index in [1.807, 2.05) is 12.1 Å². The van der Waals surface area contributed by atoms with Crippen LogP contribution >= 0.6 is 0 Å². The van der Waals surface area contributed by atoms with Gasteiger partial charge in [-0.1, -0.05) is 35.9 Å². The van der Waals surface area contributed by atoms with Gasteiger partial charge in [0.05, 0.1) is 11.8 Å². The predicted molar refractivity (Wildman–Crippen MR) is 138 cm³/mol. The fraction of sp³-hybridized carbons (Fsp3) is 0.290. The summed E-state index contributed by atoms with van der Waals surface area (Å²) >= 11 is 0. The zero-order chi connectivity index (χ0) is 26.7. The number of benzene rings is 2. The van der Waals surface area contributed by atoms with Gasteiger partial charge in [0.15, 0.2) is 11.6 Å². The van der Waals surface area contributed by atoms with Crippen molar-refractivity contribution in [1.82, 2.24) is 4.90 Å². The summed E-state index contributed by atoms with van der Waals surface area (Å²) in [6, 6.07) is 13.4. The standard InChI is InChI=1S/C31H27NO6/c1-16-13-25(35)24-15-23-21(26(28(24)29(16)36)18-3-2-4-20(34)14-18)9-10-22-27(23)31(38)32(30(22)37)12-11-17-5-7-19(33)8-6-17/h2-9,13-14,22-23,26-27,33-34H,10-12,15H2,1H3. The number of carbonyl (C=O) groups is 4. The Morgan fingerprint density at radius 3 is 2.42 bits per heavy atom. The number of hydrogen-bond donors (Lipinski definition) is 2. The number of aromatic hydroxyl groups is 2. The number of ketones is 2. The molecule has 4 atom stereocenters. The highest BCUT2D eigenvalue weighted by molar-refractivity contribution is 6.23. The molecule has 192 valence electrons. The highest BCUT2D eigenvalue weighted by Gasteiger charge is 2.56. The van der Waals surface area contributed by atoms with Gasteiger partial charge < -0.3 is 10.2 Å². The molecule has 0 spiro atoms. The summed E-state index contributed by atoms with van der Waals surface area (Å²) in [6.45, 7) is 1.87. The van der Waals surface area contributed by atoms with Gasteiger partial charge >= 0.3 is 0 Å². The molecule has 1 aliphatic heterocycles. The molecule has 1 saturated heterocycles. The Bertz CT molecular complexity index is 1490. The second-order valence-corrected chi connectivity index (χ2v) is 10.6. The topological polar surface area (TPSA) is 112 Å². The number of phenolic OH excluding ortho intramolecular Hbond substituents is 2. The van der Waals surface area contributed by atoms with Crippen LogP contribution < -0.4 is 0 Å². The average molecular weight is 510 g/mol. The van der Waals surface area contributed by atoms with Crippen molar-refractivity contribution in [3.8, 4) is 11.5 Å². The number of rotatable bonds is 4. The van der Waals surface area contributed by atoms with Gasteiger partial charge in [0.2, 0.25) is 11.8 Å². The molecule has 0 radical (unpaired) electrons. The van der Waals surface area contributed by atoms with Crippen molar-refractivity contribution in [2.24, 2.45) is 17.8 Å². The minimum atomic E-state index is -0.605.